The predicted octanol–water partition coefficient (Wildman–Crippen LogP) is 7.36. The molecule has 0 aliphatic carbocycles. The molecule has 1 aliphatic heterocycles. The molecular formula is C38H35NO7S2. The zero-order valence-corrected chi connectivity index (χ0v) is 27.6. The molecule has 1 heterocycles. The Morgan fingerprint density at radius 2 is 1.46 bits per heavy atom. The molecule has 0 radical (unpaired) electrons. The zero-order chi connectivity index (χ0) is 33.5. The Balaban J connectivity index is 1.21. The number of carboxylic acid groups (broad SMARTS) is 1. The Morgan fingerprint density at radius 1 is 0.792 bits per heavy atom. The fraction of sp³-hybridized carbons (Fsp3) is 0.184. The van der Waals surface area contributed by atoms with Crippen molar-refractivity contribution in [2.75, 3.05) is 5.75 Å². The van der Waals surface area contributed by atoms with Crippen molar-refractivity contribution in [3.63, 3.8) is 0 Å². The summed E-state index contributed by atoms with van der Waals surface area (Å²) >= 11 is 1.45. The average molecular weight is 682 g/mol. The summed E-state index contributed by atoms with van der Waals surface area (Å²) in [6, 6.07) is 38.4. The van der Waals surface area contributed by atoms with Gasteiger partial charge in [0.2, 0.25) is 10.0 Å². The number of rotatable bonds is 12. The van der Waals surface area contributed by atoms with Gasteiger partial charge in [0.25, 0.3) is 0 Å². The minimum Gasteiger partial charge on any atom is -0.478 e. The number of ether oxygens (including phenoxy) is 2. The molecule has 10 heteroatoms. The van der Waals surface area contributed by atoms with Crippen LogP contribution in [0.4, 0.5) is 0 Å². The number of benzene rings is 5. The van der Waals surface area contributed by atoms with Crippen LogP contribution in [0.25, 0.3) is 11.1 Å². The van der Waals surface area contributed by atoms with E-state index < -0.39 is 22.3 Å². The van der Waals surface area contributed by atoms with Crippen molar-refractivity contribution in [3.05, 3.63) is 155 Å². The monoisotopic (exact) mass is 681 g/mol. The molecule has 3 N–H and O–H groups in total. The van der Waals surface area contributed by atoms with E-state index in [4.69, 9.17) is 9.47 Å². The van der Waals surface area contributed by atoms with Crippen LogP contribution >= 0.6 is 11.8 Å². The van der Waals surface area contributed by atoms with E-state index in [1.807, 2.05) is 78.9 Å². The van der Waals surface area contributed by atoms with Crippen LogP contribution in [0.5, 0.6) is 0 Å². The number of aliphatic hydroxyl groups is 1. The van der Waals surface area contributed by atoms with Gasteiger partial charge in [0.15, 0.2) is 6.29 Å². The molecule has 3 atom stereocenters. The van der Waals surface area contributed by atoms with Crippen molar-refractivity contribution >= 4 is 27.8 Å². The van der Waals surface area contributed by atoms with Crippen molar-refractivity contribution in [3.8, 4) is 11.1 Å². The summed E-state index contributed by atoms with van der Waals surface area (Å²) in [5.74, 6) is -0.444. The van der Waals surface area contributed by atoms with Crippen LogP contribution in [0.1, 0.15) is 51.4 Å². The van der Waals surface area contributed by atoms with E-state index in [0.717, 1.165) is 33.4 Å². The van der Waals surface area contributed by atoms with Crippen LogP contribution in [-0.4, -0.2) is 36.5 Å². The number of sulfonamides is 1. The van der Waals surface area contributed by atoms with Gasteiger partial charge in [-0.25, -0.2) is 17.9 Å². The van der Waals surface area contributed by atoms with Crippen LogP contribution in [0.2, 0.25) is 0 Å². The molecule has 48 heavy (non-hydrogen) atoms. The second-order valence-corrected chi connectivity index (χ2v) is 14.2. The van der Waals surface area contributed by atoms with Gasteiger partial charge in [-0.15, -0.1) is 11.8 Å². The van der Waals surface area contributed by atoms with E-state index in [0.29, 0.717) is 17.1 Å². The molecule has 8 nitrogen and oxygen atoms in total. The minimum absolute atomic E-state index is 0.0475. The summed E-state index contributed by atoms with van der Waals surface area (Å²) in [5, 5.41) is 19.2. The maximum atomic E-state index is 12.9. The lowest BCUT2D eigenvalue weighted by Crippen LogP contribution is -2.31. The maximum Gasteiger partial charge on any atom is 0.336 e. The number of hydrogen-bond acceptors (Lipinski definition) is 7. The Hall–Kier alpha value is -4.29. The van der Waals surface area contributed by atoms with Crippen LogP contribution in [0, 0.1) is 0 Å². The SMILES string of the molecule is O=C(O)c1ccccc1SC[C@H]1C[C@@H](c2ccc(CO)cc2)O[C@@H](c2ccc(-c3ccccc3CNS(=O)(=O)c3ccccc3)cc2)O1. The van der Waals surface area contributed by atoms with Crippen LogP contribution in [0.15, 0.2) is 137 Å². The highest BCUT2D eigenvalue weighted by molar-refractivity contribution is 7.99. The molecule has 1 fully saturated rings. The summed E-state index contributed by atoms with van der Waals surface area (Å²) < 4.78 is 41.4. The largest absolute Gasteiger partial charge is 0.478 e. The third-order valence-electron chi connectivity index (χ3n) is 8.17. The average Bonchev–Trinajstić information content (AvgIpc) is 3.13. The summed E-state index contributed by atoms with van der Waals surface area (Å²) in [6.45, 7) is 0.0826. The number of nitrogens with one attached hydrogen (secondary N) is 1. The highest BCUT2D eigenvalue weighted by Crippen LogP contribution is 2.40. The molecule has 0 saturated carbocycles. The van der Waals surface area contributed by atoms with E-state index in [1.165, 1.54) is 11.8 Å². The number of aromatic carboxylic acids is 1. The second kappa shape index (κ2) is 15.3. The van der Waals surface area contributed by atoms with Crippen molar-refractivity contribution in [1.29, 1.82) is 0 Å². The summed E-state index contributed by atoms with van der Waals surface area (Å²) in [5.41, 5.74) is 5.49. The predicted molar refractivity (Wildman–Crippen MR) is 185 cm³/mol. The quantitative estimate of drug-likeness (QED) is 0.117. The first-order valence-electron chi connectivity index (χ1n) is 15.5. The molecule has 0 unspecified atom stereocenters. The molecule has 1 aliphatic rings. The lowest BCUT2D eigenvalue weighted by molar-refractivity contribution is -0.245. The summed E-state index contributed by atoms with van der Waals surface area (Å²) in [4.78, 5) is 12.7. The van der Waals surface area contributed by atoms with Gasteiger partial charge in [-0.05, 0) is 52.1 Å². The second-order valence-electron chi connectivity index (χ2n) is 11.4. The van der Waals surface area contributed by atoms with Crippen LogP contribution in [-0.2, 0) is 32.6 Å². The van der Waals surface area contributed by atoms with Crippen LogP contribution in [0.3, 0.4) is 0 Å². The standard InChI is InChI=1S/C38H35NO7S2/c40-24-26-14-16-28(17-15-26)35-22-31(25-47-36-13-7-6-12-34(36)37(41)42)45-38(46-35)29-20-18-27(19-21-29)33-11-5-4-8-30(33)23-39-48(43,44)32-9-2-1-3-10-32/h1-21,31,35,38-40H,22-25H2,(H,41,42)/t31-,35+,38+/m1/s1. The first-order chi connectivity index (χ1) is 23.3. The number of carbonyl (C=O) groups is 1. The van der Waals surface area contributed by atoms with Gasteiger partial charge in [0, 0.05) is 29.2 Å². The summed E-state index contributed by atoms with van der Waals surface area (Å²) in [7, 11) is -3.67. The first-order valence-corrected chi connectivity index (χ1v) is 18.0. The Kier molecular flexibility index (Phi) is 10.7. The fourth-order valence-corrected chi connectivity index (χ4v) is 7.70. The van der Waals surface area contributed by atoms with Gasteiger partial charge >= 0.3 is 5.97 Å². The molecule has 0 bridgehead atoms. The molecule has 0 spiro atoms. The molecule has 6 rings (SSSR count). The van der Waals surface area contributed by atoms with Crippen molar-refractivity contribution < 1.29 is 32.9 Å². The van der Waals surface area contributed by atoms with Crippen molar-refractivity contribution in [1.82, 2.24) is 4.72 Å². The van der Waals surface area contributed by atoms with Gasteiger partial charge in [-0.2, -0.15) is 0 Å². The van der Waals surface area contributed by atoms with Gasteiger partial charge < -0.3 is 19.7 Å². The smallest absolute Gasteiger partial charge is 0.336 e. The molecule has 5 aromatic carbocycles. The lowest BCUT2D eigenvalue weighted by atomic mass is 9.98. The Morgan fingerprint density at radius 3 is 2.19 bits per heavy atom. The van der Waals surface area contributed by atoms with Crippen molar-refractivity contribution in [2.24, 2.45) is 0 Å². The number of carboxylic acids is 1. The van der Waals surface area contributed by atoms with Crippen molar-refractivity contribution in [2.45, 2.75) is 47.9 Å². The minimum atomic E-state index is -3.67. The van der Waals surface area contributed by atoms with E-state index in [1.54, 1.807) is 48.5 Å². The molecular weight excluding hydrogens is 647 g/mol. The molecule has 0 amide bonds. The van der Waals surface area contributed by atoms with E-state index in [2.05, 4.69) is 4.72 Å². The van der Waals surface area contributed by atoms with E-state index in [-0.39, 0.29) is 35.8 Å². The lowest BCUT2D eigenvalue weighted by Gasteiger charge is -2.36. The van der Waals surface area contributed by atoms with Gasteiger partial charge in [0.05, 0.1) is 29.3 Å². The third kappa shape index (κ3) is 8.04. The summed E-state index contributed by atoms with van der Waals surface area (Å²) in [6.07, 6.45) is -0.628. The molecule has 1 saturated heterocycles. The number of thioether (sulfide) groups is 1. The van der Waals surface area contributed by atoms with E-state index in [9.17, 15) is 23.4 Å². The molecule has 5 aromatic rings. The van der Waals surface area contributed by atoms with E-state index >= 15 is 0 Å². The molecule has 0 aromatic heterocycles. The van der Waals surface area contributed by atoms with Gasteiger partial charge in [-0.3, -0.25) is 0 Å². The first kappa shape index (κ1) is 33.6. The third-order valence-corrected chi connectivity index (χ3v) is 10.8. The highest BCUT2D eigenvalue weighted by Gasteiger charge is 2.32. The number of hydrogen-bond donors (Lipinski definition) is 3. The van der Waals surface area contributed by atoms with Gasteiger partial charge in [0.1, 0.15) is 0 Å². The van der Waals surface area contributed by atoms with Gasteiger partial charge in [-0.1, -0.05) is 103 Å². The fourth-order valence-electron chi connectivity index (χ4n) is 5.61. The highest BCUT2D eigenvalue weighted by atomic mass is 32.2. The number of aliphatic hydroxyl groups excluding tert-OH is 1. The Labute approximate surface area is 284 Å². The topological polar surface area (TPSA) is 122 Å². The molecule has 246 valence electrons. The zero-order valence-electron chi connectivity index (χ0n) is 25.9. The Bertz CT molecular complexity index is 1950. The van der Waals surface area contributed by atoms with Crippen LogP contribution < -0.4 is 4.72 Å². The normalized spacial score (nSPS) is 18.0. The maximum absolute atomic E-state index is 12.9.